The molecule has 5 heteroatoms. The minimum atomic E-state index is -0.925. The summed E-state index contributed by atoms with van der Waals surface area (Å²) in [5.74, 6) is -0.739. The summed E-state index contributed by atoms with van der Waals surface area (Å²) in [5, 5.41) is 9.07. The molecule has 3 rings (SSSR count). The number of amides is 1. The highest BCUT2D eigenvalue weighted by Crippen LogP contribution is 2.31. The molecule has 0 atom stereocenters. The predicted molar refractivity (Wildman–Crippen MR) is 77.6 cm³/mol. The molecule has 5 nitrogen and oxygen atoms in total. The van der Waals surface area contributed by atoms with Crippen LogP contribution in [0.15, 0.2) is 18.2 Å². The number of benzene rings is 1. The summed E-state index contributed by atoms with van der Waals surface area (Å²) < 4.78 is 5.31. The molecule has 1 amide bonds. The molecule has 0 saturated carbocycles. The van der Waals surface area contributed by atoms with Gasteiger partial charge >= 0.3 is 5.97 Å². The van der Waals surface area contributed by atoms with Crippen molar-refractivity contribution < 1.29 is 19.4 Å². The first-order valence-corrected chi connectivity index (χ1v) is 7.42. The van der Waals surface area contributed by atoms with E-state index in [2.05, 4.69) is 0 Å². The SMILES string of the molecule is O=C(O)c1ccc2c(c1)CCCN2C(=O)C1CCOCC1. The van der Waals surface area contributed by atoms with E-state index in [4.69, 9.17) is 9.84 Å². The van der Waals surface area contributed by atoms with Crippen molar-refractivity contribution in [2.75, 3.05) is 24.7 Å². The first-order valence-electron chi connectivity index (χ1n) is 7.42. The molecule has 0 aliphatic carbocycles. The third-order valence-electron chi connectivity index (χ3n) is 4.28. The Labute approximate surface area is 123 Å². The normalized spacial score (nSPS) is 19.1. The topological polar surface area (TPSA) is 66.8 Å². The lowest BCUT2D eigenvalue weighted by Crippen LogP contribution is -2.41. The molecule has 0 aromatic heterocycles. The molecule has 0 spiro atoms. The van der Waals surface area contributed by atoms with E-state index in [-0.39, 0.29) is 17.4 Å². The van der Waals surface area contributed by atoms with Crippen LogP contribution < -0.4 is 4.90 Å². The van der Waals surface area contributed by atoms with Gasteiger partial charge in [0.05, 0.1) is 5.56 Å². The number of anilines is 1. The van der Waals surface area contributed by atoms with Crippen LogP contribution in [0.2, 0.25) is 0 Å². The molecule has 1 saturated heterocycles. The van der Waals surface area contributed by atoms with Gasteiger partial charge in [0.2, 0.25) is 5.91 Å². The number of aromatic carboxylic acids is 1. The zero-order valence-electron chi connectivity index (χ0n) is 11.9. The Morgan fingerprint density at radius 2 is 2.00 bits per heavy atom. The fraction of sp³-hybridized carbons (Fsp3) is 0.500. The van der Waals surface area contributed by atoms with Gasteiger partial charge in [-0.25, -0.2) is 4.79 Å². The van der Waals surface area contributed by atoms with Crippen LogP contribution in [0.25, 0.3) is 0 Å². The summed E-state index contributed by atoms with van der Waals surface area (Å²) in [7, 11) is 0. The summed E-state index contributed by atoms with van der Waals surface area (Å²) in [6, 6.07) is 5.05. The number of hydrogen-bond donors (Lipinski definition) is 1. The van der Waals surface area contributed by atoms with Crippen molar-refractivity contribution in [2.45, 2.75) is 25.7 Å². The van der Waals surface area contributed by atoms with Crippen LogP contribution in [0.3, 0.4) is 0 Å². The van der Waals surface area contributed by atoms with Crippen molar-refractivity contribution >= 4 is 17.6 Å². The number of rotatable bonds is 2. The number of carboxylic acid groups (broad SMARTS) is 1. The molecule has 1 aromatic carbocycles. The molecule has 112 valence electrons. The molecule has 1 N–H and O–H groups in total. The van der Waals surface area contributed by atoms with Crippen molar-refractivity contribution in [3.05, 3.63) is 29.3 Å². The van der Waals surface area contributed by atoms with Gasteiger partial charge in [0.25, 0.3) is 0 Å². The maximum absolute atomic E-state index is 12.7. The quantitative estimate of drug-likeness (QED) is 0.905. The van der Waals surface area contributed by atoms with Crippen molar-refractivity contribution in [3.63, 3.8) is 0 Å². The monoisotopic (exact) mass is 289 g/mol. The second kappa shape index (κ2) is 5.85. The molecule has 1 fully saturated rings. The number of nitrogens with zero attached hydrogens (tertiary/aromatic N) is 1. The van der Waals surface area contributed by atoms with Gasteiger partial charge in [-0.05, 0) is 49.4 Å². The molecule has 1 aromatic rings. The van der Waals surface area contributed by atoms with Gasteiger partial charge in [-0.2, -0.15) is 0 Å². The predicted octanol–water partition coefficient (Wildman–Crippen LogP) is 2.09. The molecule has 2 heterocycles. The third kappa shape index (κ3) is 2.78. The average Bonchev–Trinajstić information content (AvgIpc) is 2.54. The lowest BCUT2D eigenvalue weighted by atomic mass is 9.94. The Kier molecular flexibility index (Phi) is 3.92. The van der Waals surface area contributed by atoms with Crippen LogP contribution in [-0.2, 0) is 16.0 Å². The number of carbonyl (C=O) groups excluding carboxylic acids is 1. The minimum Gasteiger partial charge on any atom is -0.478 e. The number of ether oxygens (including phenoxy) is 1. The number of fused-ring (bicyclic) bond motifs is 1. The number of aryl methyl sites for hydroxylation is 1. The highest BCUT2D eigenvalue weighted by atomic mass is 16.5. The first kappa shape index (κ1) is 14.1. The number of carboxylic acids is 1. The Morgan fingerprint density at radius 1 is 1.24 bits per heavy atom. The van der Waals surface area contributed by atoms with Crippen molar-refractivity contribution in [1.29, 1.82) is 0 Å². The zero-order chi connectivity index (χ0) is 14.8. The van der Waals surface area contributed by atoms with E-state index < -0.39 is 5.97 Å². The second-order valence-electron chi connectivity index (χ2n) is 5.63. The first-order chi connectivity index (χ1) is 10.2. The largest absolute Gasteiger partial charge is 0.478 e. The molecule has 2 aliphatic heterocycles. The van der Waals surface area contributed by atoms with E-state index in [1.165, 1.54) is 0 Å². The summed E-state index contributed by atoms with van der Waals surface area (Å²) >= 11 is 0. The van der Waals surface area contributed by atoms with Gasteiger partial charge in [-0.3, -0.25) is 4.79 Å². The van der Waals surface area contributed by atoms with E-state index in [9.17, 15) is 9.59 Å². The van der Waals surface area contributed by atoms with E-state index in [0.29, 0.717) is 13.2 Å². The Hall–Kier alpha value is -1.88. The number of carbonyl (C=O) groups is 2. The molecular weight excluding hydrogens is 270 g/mol. The number of hydrogen-bond acceptors (Lipinski definition) is 3. The van der Waals surface area contributed by atoms with Crippen LogP contribution >= 0.6 is 0 Å². The fourth-order valence-electron chi connectivity index (χ4n) is 3.12. The van der Waals surface area contributed by atoms with E-state index in [1.54, 1.807) is 18.2 Å². The molecule has 0 radical (unpaired) electrons. The van der Waals surface area contributed by atoms with Crippen molar-refractivity contribution in [3.8, 4) is 0 Å². The average molecular weight is 289 g/mol. The maximum Gasteiger partial charge on any atom is 0.335 e. The van der Waals surface area contributed by atoms with Crippen LogP contribution in [0.5, 0.6) is 0 Å². The molecule has 0 bridgehead atoms. The third-order valence-corrected chi connectivity index (χ3v) is 4.28. The molecule has 2 aliphatic rings. The summed E-state index contributed by atoms with van der Waals surface area (Å²) in [6.45, 7) is 2.01. The highest BCUT2D eigenvalue weighted by Gasteiger charge is 2.30. The smallest absolute Gasteiger partial charge is 0.335 e. The Morgan fingerprint density at radius 3 is 2.71 bits per heavy atom. The maximum atomic E-state index is 12.7. The van der Waals surface area contributed by atoms with Crippen LogP contribution in [-0.4, -0.2) is 36.7 Å². The zero-order valence-corrected chi connectivity index (χ0v) is 11.9. The summed E-state index contributed by atoms with van der Waals surface area (Å²) in [6.07, 6.45) is 3.26. The van der Waals surface area contributed by atoms with Gasteiger partial charge in [0, 0.05) is 31.4 Å². The summed E-state index contributed by atoms with van der Waals surface area (Å²) in [4.78, 5) is 25.6. The van der Waals surface area contributed by atoms with Crippen LogP contribution in [0.1, 0.15) is 35.2 Å². The molecule has 0 unspecified atom stereocenters. The minimum absolute atomic E-state index is 0.0313. The molecular formula is C16H19NO4. The lowest BCUT2D eigenvalue weighted by Gasteiger charge is -2.33. The van der Waals surface area contributed by atoms with Crippen LogP contribution in [0, 0.1) is 5.92 Å². The van der Waals surface area contributed by atoms with Crippen molar-refractivity contribution in [1.82, 2.24) is 0 Å². The van der Waals surface area contributed by atoms with Gasteiger partial charge < -0.3 is 14.7 Å². The standard InChI is InChI=1S/C16H19NO4/c18-15(11-5-8-21-9-6-11)17-7-1-2-12-10-13(16(19)20)3-4-14(12)17/h3-4,10-11H,1-2,5-9H2,(H,19,20). The van der Waals surface area contributed by atoms with Gasteiger partial charge in [-0.1, -0.05) is 0 Å². The fourth-order valence-corrected chi connectivity index (χ4v) is 3.12. The molecule has 21 heavy (non-hydrogen) atoms. The van der Waals surface area contributed by atoms with Gasteiger partial charge in [0.1, 0.15) is 0 Å². The van der Waals surface area contributed by atoms with E-state index in [1.807, 2.05) is 4.90 Å². The second-order valence-corrected chi connectivity index (χ2v) is 5.63. The van der Waals surface area contributed by atoms with Gasteiger partial charge in [0.15, 0.2) is 0 Å². The Bertz CT molecular complexity index is 563. The van der Waals surface area contributed by atoms with Gasteiger partial charge in [-0.15, -0.1) is 0 Å². The van der Waals surface area contributed by atoms with E-state index >= 15 is 0 Å². The van der Waals surface area contributed by atoms with Crippen molar-refractivity contribution in [2.24, 2.45) is 5.92 Å². The van der Waals surface area contributed by atoms with E-state index in [0.717, 1.165) is 43.5 Å². The highest BCUT2D eigenvalue weighted by molar-refractivity contribution is 5.97. The Balaban J connectivity index is 1.86. The van der Waals surface area contributed by atoms with Crippen LogP contribution in [0.4, 0.5) is 5.69 Å². The summed E-state index contributed by atoms with van der Waals surface area (Å²) in [5.41, 5.74) is 2.12. The lowest BCUT2D eigenvalue weighted by molar-refractivity contribution is -0.125.